The standard InChI is InChI=1S/C60H77ClN12O11/c1-4-64-58(83)51-12-8-28-73(51)59(84)45(11-7-27-65-60(62)63)68-53(78)46(29-35(2)3)69-56(81)49(32-39-33-66-44-10-6-5-9-43(39)44)71-55(80)48(31-38-17-24-42(76)25-18-38)70-57(82)50(34-74)72-54(79)47(30-37-15-22-41(75)23-16-37)67-52(77)26-19-36-13-20-40(61)21-14-36/h5-6,9-10,13-18,20-25,33,35,45-51,66,74-76H,4,7-8,11-12,19,26-32,34H2,1-3H3,(H,64,83)(H,67,77)(H,68,78)(H,69,81)(H,70,82)(H,71,80)(H,72,79)(H4,62,63,65)/t45-,46-,47-,48-,49+,50-,51+/m0/s1. The number of hydrogen-bond acceptors (Lipinski definition) is 12. The molecule has 15 N–H and O–H groups in total. The molecule has 0 radical (unpaired) electrons. The Labute approximate surface area is 492 Å². The van der Waals surface area contributed by atoms with Gasteiger partial charge in [0.25, 0.3) is 0 Å². The zero-order valence-corrected chi connectivity index (χ0v) is 48.1. The SMILES string of the molecule is CCNC(=O)[C@H]1CCCN1C(=O)[C@H](CCCN=C(N)N)NC(=O)[C@H](CC(C)C)NC(=O)[C@@H](Cc1c[nH]c2ccccc12)NC(=O)[C@H](Cc1ccc(O)cc1)NC(=O)[C@H](CO)NC(=O)[C@H](Cc1ccc(O)cc1)NC(=O)CCc1ccc(Cl)cc1. The van der Waals surface area contributed by atoms with Crippen molar-refractivity contribution in [1.82, 2.24) is 47.1 Å². The number of fused-ring (bicyclic) bond motifs is 1. The van der Waals surface area contributed by atoms with E-state index < -0.39 is 90.3 Å². The van der Waals surface area contributed by atoms with Crippen molar-refractivity contribution >= 4 is 75.7 Å². The summed E-state index contributed by atoms with van der Waals surface area (Å²) in [4.78, 5) is 122. The highest BCUT2D eigenvalue weighted by atomic mass is 35.5. The maximum absolute atomic E-state index is 14.9. The summed E-state index contributed by atoms with van der Waals surface area (Å²) in [5.41, 5.74) is 14.3. The van der Waals surface area contributed by atoms with E-state index in [2.05, 4.69) is 47.2 Å². The van der Waals surface area contributed by atoms with Crippen molar-refractivity contribution < 1.29 is 53.7 Å². The number of likely N-dealkylation sites (N-methyl/N-ethyl adjacent to an activating group) is 1. The number of carbonyl (C=O) groups is 8. The smallest absolute Gasteiger partial charge is 0.245 e. The number of halogens is 1. The third-order valence-corrected chi connectivity index (χ3v) is 14.5. The minimum atomic E-state index is -1.69. The summed E-state index contributed by atoms with van der Waals surface area (Å²) in [5.74, 6) is -6.03. The van der Waals surface area contributed by atoms with Gasteiger partial charge in [-0.1, -0.05) is 80.0 Å². The van der Waals surface area contributed by atoms with E-state index in [0.717, 1.165) is 16.5 Å². The predicted octanol–water partition coefficient (Wildman–Crippen LogP) is 2.02. The number of aliphatic imine (C=N–C) groups is 1. The number of aliphatic hydroxyl groups excluding tert-OH is 1. The first-order valence-electron chi connectivity index (χ1n) is 28.1. The largest absolute Gasteiger partial charge is 0.508 e. The Balaban J connectivity index is 1.26. The van der Waals surface area contributed by atoms with Crippen molar-refractivity contribution in [1.29, 1.82) is 0 Å². The van der Waals surface area contributed by atoms with Crippen molar-refractivity contribution in [3.8, 4) is 11.5 Å². The molecule has 5 aromatic rings. The van der Waals surface area contributed by atoms with Gasteiger partial charge in [0.05, 0.1) is 6.61 Å². The number of phenols is 2. The van der Waals surface area contributed by atoms with Crippen LogP contribution in [-0.2, 0) is 64.0 Å². The van der Waals surface area contributed by atoms with Gasteiger partial charge >= 0.3 is 0 Å². The van der Waals surface area contributed by atoms with Crippen LogP contribution in [-0.4, -0.2) is 147 Å². The zero-order valence-electron chi connectivity index (χ0n) is 47.4. The molecule has 6 rings (SSSR count). The summed E-state index contributed by atoms with van der Waals surface area (Å²) in [6, 6.07) is 16.8. The third kappa shape index (κ3) is 19.5. The van der Waals surface area contributed by atoms with Gasteiger partial charge in [-0.15, -0.1) is 0 Å². The van der Waals surface area contributed by atoms with E-state index in [4.69, 9.17) is 23.1 Å². The van der Waals surface area contributed by atoms with Crippen LogP contribution in [0.2, 0.25) is 5.02 Å². The number of aryl methyl sites for hydroxylation is 1. The fourth-order valence-electron chi connectivity index (χ4n) is 9.87. The molecule has 450 valence electrons. The van der Waals surface area contributed by atoms with Gasteiger partial charge in [-0.05, 0) is 116 Å². The number of nitrogens with one attached hydrogen (secondary N) is 8. The average Bonchev–Trinajstić information content (AvgIpc) is 4.25. The first kappa shape index (κ1) is 64.5. The van der Waals surface area contributed by atoms with Crippen molar-refractivity contribution in [3.05, 3.63) is 131 Å². The van der Waals surface area contributed by atoms with E-state index >= 15 is 0 Å². The van der Waals surface area contributed by atoms with Crippen LogP contribution < -0.4 is 48.7 Å². The molecule has 24 heteroatoms. The number of benzene rings is 4. The zero-order chi connectivity index (χ0) is 60.9. The molecule has 8 amide bonds. The summed E-state index contributed by atoms with van der Waals surface area (Å²) in [6.45, 7) is 5.27. The fraction of sp³-hybridized carbons (Fsp3) is 0.417. The Morgan fingerprint density at radius 2 is 1.20 bits per heavy atom. The number of rotatable bonds is 30. The van der Waals surface area contributed by atoms with Crippen molar-refractivity contribution in [2.45, 2.75) is 127 Å². The van der Waals surface area contributed by atoms with Gasteiger partial charge in [-0.2, -0.15) is 0 Å². The fourth-order valence-corrected chi connectivity index (χ4v) is 10.00. The number of phenolic OH excluding ortho intramolecular Hbond substituents is 2. The molecule has 0 saturated carbocycles. The minimum absolute atomic E-state index is 0.0190. The molecule has 4 aromatic carbocycles. The number of hydrogen-bond donors (Lipinski definition) is 13. The highest BCUT2D eigenvalue weighted by Gasteiger charge is 2.39. The number of likely N-dealkylation sites (tertiary alicyclic amines) is 1. The molecule has 2 heterocycles. The van der Waals surface area contributed by atoms with E-state index in [0.29, 0.717) is 47.5 Å². The average molecular weight is 1180 g/mol. The van der Waals surface area contributed by atoms with Gasteiger partial charge in [0.2, 0.25) is 47.3 Å². The van der Waals surface area contributed by atoms with Gasteiger partial charge in [0.1, 0.15) is 53.8 Å². The monoisotopic (exact) mass is 1180 g/mol. The number of aromatic amines is 1. The maximum Gasteiger partial charge on any atom is 0.245 e. The quantitative estimate of drug-likeness (QED) is 0.0178. The van der Waals surface area contributed by atoms with Gasteiger partial charge < -0.3 is 73.9 Å². The Hall–Kier alpha value is -8.70. The second-order valence-corrected chi connectivity index (χ2v) is 21.6. The molecular weight excluding hydrogens is 1100 g/mol. The molecule has 1 aliphatic heterocycles. The van der Waals surface area contributed by atoms with Crippen LogP contribution in [0, 0.1) is 5.92 Å². The van der Waals surface area contributed by atoms with Crippen LogP contribution in [0.25, 0.3) is 10.9 Å². The first-order valence-corrected chi connectivity index (χ1v) is 28.5. The lowest BCUT2D eigenvalue weighted by Crippen LogP contribution is -2.61. The van der Waals surface area contributed by atoms with Gasteiger partial charge in [0, 0.05) is 67.4 Å². The second kappa shape index (κ2) is 31.7. The predicted molar refractivity (Wildman–Crippen MR) is 317 cm³/mol. The van der Waals surface area contributed by atoms with Gasteiger partial charge in [-0.25, -0.2) is 0 Å². The number of nitrogens with zero attached hydrogens (tertiary/aromatic N) is 2. The number of aromatic hydroxyl groups is 2. The number of carbonyl (C=O) groups excluding carboxylic acids is 8. The Morgan fingerprint density at radius 3 is 1.79 bits per heavy atom. The van der Waals surface area contributed by atoms with Crippen LogP contribution >= 0.6 is 11.6 Å². The van der Waals surface area contributed by atoms with Crippen LogP contribution in [0.4, 0.5) is 0 Å². The van der Waals surface area contributed by atoms with E-state index in [9.17, 15) is 53.7 Å². The first-order chi connectivity index (χ1) is 40.2. The molecule has 1 fully saturated rings. The number of guanidine groups is 1. The number of aliphatic hydroxyl groups is 1. The lowest BCUT2D eigenvalue weighted by atomic mass is 9.99. The van der Waals surface area contributed by atoms with Gasteiger partial charge in [0.15, 0.2) is 5.96 Å². The molecule has 1 aromatic heterocycles. The van der Waals surface area contributed by atoms with E-state index in [-0.39, 0.29) is 87.3 Å². The molecule has 1 saturated heterocycles. The summed E-state index contributed by atoms with van der Waals surface area (Å²) in [5, 5.41) is 51.1. The number of amides is 8. The van der Waals surface area contributed by atoms with E-state index in [1.165, 1.54) is 41.3 Å². The number of aromatic nitrogens is 1. The molecule has 7 atom stereocenters. The Kier molecular flexibility index (Phi) is 24.3. The summed E-state index contributed by atoms with van der Waals surface area (Å²) >= 11 is 6.03. The summed E-state index contributed by atoms with van der Waals surface area (Å²) < 4.78 is 0. The second-order valence-electron chi connectivity index (χ2n) is 21.2. The Morgan fingerprint density at radius 1 is 0.679 bits per heavy atom. The lowest BCUT2D eigenvalue weighted by Gasteiger charge is -2.30. The Bertz CT molecular complexity index is 3080. The maximum atomic E-state index is 14.9. The summed E-state index contributed by atoms with van der Waals surface area (Å²) in [7, 11) is 0. The van der Waals surface area contributed by atoms with Crippen molar-refractivity contribution in [2.24, 2.45) is 22.4 Å². The third-order valence-electron chi connectivity index (χ3n) is 14.2. The molecule has 0 unspecified atom stereocenters. The molecule has 23 nitrogen and oxygen atoms in total. The highest BCUT2D eigenvalue weighted by Crippen LogP contribution is 2.23. The number of H-pyrrole nitrogens is 1. The molecule has 84 heavy (non-hydrogen) atoms. The van der Waals surface area contributed by atoms with Crippen LogP contribution in [0.5, 0.6) is 11.5 Å². The van der Waals surface area contributed by atoms with E-state index in [1.807, 2.05) is 32.0 Å². The number of para-hydroxylation sites is 1. The lowest BCUT2D eigenvalue weighted by molar-refractivity contribution is -0.142. The van der Waals surface area contributed by atoms with Crippen LogP contribution in [0.15, 0.2) is 108 Å². The molecular formula is C60H77ClN12O11. The number of nitrogens with two attached hydrogens (primary N) is 2. The van der Waals surface area contributed by atoms with Gasteiger partial charge in [-0.3, -0.25) is 43.3 Å². The topological polar surface area (TPSA) is 365 Å². The molecule has 0 aliphatic carbocycles. The summed E-state index contributed by atoms with van der Waals surface area (Å²) in [6.07, 6.45) is 2.96. The molecule has 0 bridgehead atoms. The normalized spacial score (nSPS) is 15.1. The highest BCUT2D eigenvalue weighted by molar-refractivity contribution is 6.30. The van der Waals surface area contributed by atoms with Crippen LogP contribution in [0.3, 0.4) is 0 Å². The van der Waals surface area contributed by atoms with Crippen molar-refractivity contribution in [2.75, 3.05) is 26.2 Å². The van der Waals surface area contributed by atoms with Crippen LogP contribution in [0.1, 0.15) is 81.5 Å². The van der Waals surface area contributed by atoms with E-state index in [1.54, 1.807) is 55.6 Å². The van der Waals surface area contributed by atoms with Crippen molar-refractivity contribution in [3.63, 3.8) is 0 Å². The molecule has 0 spiro atoms. The molecule has 1 aliphatic rings. The minimum Gasteiger partial charge on any atom is -0.508 e.